The van der Waals surface area contributed by atoms with Crippen LogP contribution < -0.4 is 5.32 Å². The van der Waals surface area contributed by atoms with Gasteiger partial charge in [0.2, 0.25) is 5.91 Å². The Labute approximate surface area is 80.3 Å². The molecule has 1 amide bonds. The standard InChI is InChI=1S/C8H9ClN2O2/c9-4-8(13)11-5-7(12)6-2-1-3-10-6/h1-3,10H,4-5H2,(H,11,13). The van der Waals surface area contributed by atoms with E-state index in [0.717, 1.165) is 0 Å². The minimum absolute atomic E-state index is 0.0218. The Morgan fingerprint density at radius 1 is 1.54 bits per heavy atom. The van der Waals surface area contributed by atoms with E-state index in [2.05, 4.69) is 10.3 Å². The fourth-order valence-electron chi connectivity index (χ4n) is 0.825. The SMILES string of the molecule is O=C(CCl)NCC(=O)c1ccc[nH]1. The lowest BCUT2D eigenvalue weighted by Gasteiger charge is -1.99. The molecule has 4 nitrogen and oxygen atoms in total. The molecule has 0 saturated heterocycles. The molecule has 0 unspecified atom stereocenters. The van der Waals surface area contributed by atoms with Gasteiger partial charge in [-0.1, -0.05) is 0 Å². The van der Waals surface area contributed by atoms with Crippen molar-refractivity contribution in [1.29, 1.82) is 0 Å². The summed E-state index contributed by atoms with van der Waals surface area (Å²) in [4.78, 5) is 24.7. The van der Waals surface area contributed by atoms with Gasteiger partial charge in [0.1, 0.15) is 5.88 Å². The number of carbonyl (C=O) groups excluding carboxylic acids is 2. The second kappa shape index (κ2) is 4.67. The first-order valence-corrected chi connectivity index (χ1v) is 4.26. The number of aromatic amines is 1. The quantitative estimate of drug-likeness (QED) is 0.551. The van der Waals surface area contributed by atoms with Crippen molar-refractivity contribution in [2.24, 2.45) is 0 Å². The molecule has 0 aliphatic heterocycles. The van der Waals surface area contributed by atoms with Gasteiger partial charge >= 0.3 is 0 Å². The zero-order chi connectivity index (χ0) is 9.68. The smallest absolute Gasteiger partial charge is 0.235 e. The van der Waals surface area contributed by atoms with Crippen molar-refractivity contribution in [3.8, 4) is 0 Å². The maximum absolute atomic E-state index is 11.2. The van der Waals surface area contributed by atoms with Crippen LogP contribution in [0, 0.1) is 0 Å². The molecule has 13 heavy (non-hydrogen) atoms. The van der Waals surface area contributed by atoms with E-state index < -0.39 is 0 Å². The van der Waals surface area contributed by atoms with Crippen molar-refractivity contribution in [1.82, 2.24) is 10.3 Å². The molecule has 0 atom stereocenters. The maximum Gasteiger partial charge on any atom is 0.235 e. The molecule has 2 N–H and O–H groups in total. The van der Waals surface area contributed by atoms with Crippen molar-refractivity contribution in [3.63, 3.8) is 0 Å². The molecule has 0 fully saturated rings. The number of rotatable bonds is 4. The normalized spacial score (nSPS) is 9.62. The second-order valence-corrected chi connectivity index (χ2v) is 2.68. The largest absolute Gasteiger partial charge is 0.359 e. The number of aromatic nitrogens is 1. The molecule has 0 saturated carbocycles. The van der Waals surface area contributed by atoms with Crippen molar-refractivity contribution in [3.05, 3.63) is 24.0 Å². The minimum atomic E-state index is -0.346. The third-order valence-corrected chi connectivity index (χ3v) is 1.71. The van der Waals surface area contributed by atoms with Gasteiger partial charge in [-0.15, -0.1) is 11.6 Å². The third kappa shape index (κ3) is 2.91. The average molecular weight is 201 g/mol. The van der Waals surface area contributed by atoms with Crippen LogP contribution in [0.2, 0.25) is 0 Å². The summed E-state index contributed by atoms with van der Waals surface area (Å²) in [6, 6.07) is 3.37. The van der Waals surface area contributed by atoms with Gasteiger partial charge in [0.05, 0.1) is 12.2 Å². The summed E-state index contributed by atoms with van der Waals surface area (Å²) in [5.74, 6) is -0.636. The molecular formula is C8H9ClN2O2. The zero-order valence-corrected chi connectivity index (χ0v) is 7.60. The van der Waals surface area contributed by atoms with Gasteiger partial charge in [0.25, 0.3) is 0 Å². The predicted octanol–water partition coefficient (Wildman–Crippen LogP) is 0.552. The fraction of sp³-hybridized carbons (Fsp3) is 0.250. The molecule has 0 radical (unpaired) electrons. The topological polar surface area (TPSA) is 62.0 Å². The summed E-state index contributed by atoms with van der Waals surface area (Å²) < 4.78 is 0. The van der Waals surface area contributed by atoms with Crippen molar-refractivity contribution < 1.29 is 9.59 Å². The molecule has 0 aliphatic carbocycles. The van der Waals surface area contributed by atoms with Crippen LogP contribution >= 0.6 is 11.6 Å². The number of alkyl halides is 1. The van der Waals surface area contributed by atoms with E-state index in [1.165, 1.54) is 0 Å². The third-order valence-electron chi connectivity index (χ3n) is 1.47. The van der Waals surface area contributed by atoms with Gasteiger partial charge in [0.15, 0.2) is 5.78 Å². The van der Waals surface area contributed by atoms with Gasteiger partial charge in [0, 0.05) is 6.20 Å². The molecule has 1 aromatic rings. The highest BCUT2D eigenvalue weighted by Crippen LogP contribution is 1.94. The molecule has 70 valence electrons. The molecule has 0 aliphatic rings. The summed E-state index contributed by atoms with van der Waals surface area (Å²) in [6.45, 7) is -0.0218. The molecule has 0 bridgehead atoms. The van der Waals surface area contributed by atoms with Crippen LogP contribution in [0.3, 0.4) is 0 Å². The van der Waals surface area contributed by atoms with Crippen LogP contribution in [0.5, 0.6) is 0 Å². The average Bonchev–Trinajstić information content (AvgIpc) is 2.66. The van der Waals surface area contributed by atoms with Crippen LogP contribution in [-0.4, -0.2) is 29.1 Å². The Hall–Kier alpha value is -1.29. The van der Waals surface area contributed by atoms with Gasteiger partial charge in [-0.2, -0.15) is 0 Å². The summed E-state index contributed by atoms with van der Waals surface area (Å²) in [5.41, 5.74) is 0.481. The van der Waals surface area contributed by atoms with Crippen LogP contribution in [0.15, 0.2) is 18.3 Å². The summed E-state index contributed by atoms with van der Waals surface area (Å²) in [5, 5.41) is 2.38. The molecule has 0 aromatic carbocycles. The fourth-order valence-corrected chi connectivity index (χ4v) is 0.920. The first kappa shape index (κ1) is 9.80. The Balaban J connectivity index is 2.39. The molecular weight excluding hydrogens is 192 g/mol. The van der Waals surface area contributed by atoms with Crippen LogP contribution in [0.25, 0.3) is 0 Å². The molecule has 0 spiro atoms. The summed E-state index contributed by atoms with van der Waals surface area (Å²) in [7, 11) is 0. The predicted molar refractivity (Wildman–Crippen MR) is 48.9 cm³/mol. The van der Waals surface area contributed by atoms with Crippen LogP contribution in [-0.2, 0) is 4.79 Å². The first-order chi connectivity index (χ1) is 6.24. The van der Waals surface area contributed by atoms with Crippen molar-refractivity contribution in [2.75, 3.05) is 12.4 Å². The van der Waals surface area contributed by atoms with E-state index in [4.69, 9.17) is 11.6 Å². The number of carbonyl (C=O) groups is 2. The number of amides is 1. The monoisotopic (exact) mass is 200 g/mol. The number of nitrogens with one attached hydrogen (secondary N) is 2. The summed E-state index contributed by atoms with van der Waals surface area (Å²) >= 11 is 5.23. The maximum atomic E-state index is 11.2. The van der Waals surface area contributed by atoms with Crippen molar-refractivity contribution >= 4 is 23.3 Å². The van der Waals surface area contributed by atoms with E-state index in [1.807, 2.05) is 0 Å². The van der Waals surface area contributed by atoms with E-state index in [-0.39, 0.29) is 24.1 Å². The number of H-pyrrole nitrogens is 1. The number of ketones is 1. The van der Waals surface area contributed by atoms with Gasteiger partial charge in [-0.05, 0) is 12.1 Å². The lowest BCUT2D eigenvalue weighted by molar-refractivity contribution is -0.118. The molecule has 1 rings (SSSR count). The lowest BCUT2D eigenvalue weighted by Crippen LogP contribution is -2.30. The van der Waals surface area contributed by atoms with Gasteiger partial charge < -0.3 is 10.3 Å². The lowest BCUT2D eigenvalue weighted by atomic mass is 10.3. The molecule has 1 heterocycles. The molecule has 5 heteroatoms. The Kier molecular flexibility index (Phi) is 3.52. The zero-order valence-electron chi connectivity index (χ0n) is 6.84. The highest BCUT2D eigenvalue weighted by atomic mass is 35.5. The molecule has 1 aromatic heterocycles. The van der Waals surface area contributed by atoms with Crippen LogP contribution in [0.1, 0.15) is 10.5 Å². The Morgan fingerprint density at radius 2 is 2.31 bits per heavy atom. The summed E-state index contributed by atoms with van der Waals surface area (Å²) in [6.07, 6.45) is 1.65. The van der Waals surface area contributed by atoms with Gasteiger partial charge in [-0.3, -0.25) is 9.59 Å². The number of hydrogen-bond acceptors (Lipinski definition) is 2. The number of hydrogen-bond donors (Lipinski definition) is 2. The van der Waals surface area contributed by atoms with E-state index in [9.17, 15) is 9.59 Å². The van der Waals surface area contributed by atoms with Crippen LogP contribution in [0.4, 0.5) is 0 Å². The number of Topliss-reactive ketones (excluding diaryl/α,β-unsaturated/α-hetero) is 1. The second-order valence-electron chi connectivity index (χ2n) is 2.42. The highest BCUT2D eigenvalue weighted by molar-refractivity contribution is 6.27. The first-order valence-electron chi connectivity index (χ1n) is 3.73. The Morgan fingerprint density at radius 3 is 2.85 bits per heavy atom. The number of halogens is 1. The van der Waals surface area contributed by atoms with Crippen molar-refractivity contribution in [2.45, 2.75) is 0 Å². The van der Waals surface area contributed by atoms with E-state index >= 15 is 0 Å². The Bertz CT molecular complexity index is 295. The minimum Gasteiger partial charge on any atom is -0.359 e. The van der Waals surface area contributed by atoms with Gasteiger partial charge in [-0.25, -0.2) is 0 Å². The van der Waals surface area contributed by atoms with E-state index in [0.29, 0.717) is 5.69 Å². The highest BCUT2D eigenvalue weighted by Gasteiger charge is 2.07. The van der Waals surface area contributed by atoms with E-state index in [1.54, 1.807) is 18.3 Å².